The molecule has 0 radical (unpaired) electrons. The molecule has 1 aliphatic rings. The van der Waals surface area contributed by atoms with Crippen LogP contribution in [0.25, 0.3) is 11.0 Å². The summed E-state index contributed by atoms with van der Waals surface area (Å²) in [5.41, 5.74) is 1.87. The predicted octanol–water partition coefficient (Wildman–Crippen LogP) is 3.40. The van der Waals surface area contributed by atoms with Gasteiger partial charge in [-0.1, -0.05) is 0 Å². The van der Waals surface area contributed by atoms with Crippen LogP contribution in [-0.2, 0) is 6.54 Å². The van der Waals surface area contributed by atoms with Crippen molar-refractivity contribution in [2.24, 2.45) is 0 Å². The molecule has 1 aromatic heterocycles. The Balaban J connectivity index is 2.00. The number of hydrogen-bond donors (Lipinski definition) is 1. The Hall–Kier alpha value is -1.42. The van der Waals surface area contributed by atoms with Crippen LogP contribution in [0.5, 0.6) is 0 Å². The van der Waals surface area contributed by atoms with Crippen molar-refractivity contribution in [2.45, 2.75) is 51.7 Å². The quantitative estimate of drug-likeness (QED) is 0.917. The third-order valence-electron chi connectivity index (χ3n) is 3.41. The lowest BCUT2D eigenvalue weighted by molar-refractivity contribution is 0.412. The SMILES string of the molecule is CC(C)(C)NCc1nc2cc(F)ccc2n1C1CC1. The van der Waals surface area contributed by atoms with Crippen molar-refractivity contribution in [2.75, 3.05) is 0 Å². The number of aromatic nitrogens is 2. The third-order valence-corrected chi connectivity index (χ3v) is 3.41. The molecule has 1 fully saturated rings. The van der Waals surface area contributed by atoms with Crippen molar-refractivity contribution < 1.29 is 4.39 Å². The zero-order chi connectivity index (χ0) is 13.6. The number of rotatable bonds is 3. The van der Waals surface area contributed by atoms with Gasteiger partial charge in [0.15, 0.2) is 0 Å². The molecule has 3 nitrogen and oxygen atoms in total. The van der Waals surface area contributed by atoms with Crippen LogP contribution in [0.4, 0.5) is 4.39 Å². The van der Waals surface area contributed by atoms with Crippen molar-refractivity contribution >= 4 is 11.0 Å². The highest BCUT2D eigenvalue weighted by Crippen LogP contribution is 2.38. The minimum atomic E-state index is -0.219. The number of benzene rings is 1. The normalized spacial score (nSPS) is 16.2. The van der Waals surface area contributed by atoms with Crippen LogP contribution in [0.2, 0.25) is 0 Å². The highest BCUT2D eigenvalue weighted by atomic mass is 19.1. The molecule has 4 heteroatoms. The van der Waals surface area contributed by atoms with Gasteiger partial charge in [0.25, 0.3) is 0 Å². The Morgan fingerprint density at radius 2 is 2.11 bits per heavy atom. The minimum Gasteiger partial charge on any atom is -0.324 e. The summed E-state index contributed by atoms with van der Waals surface area (Å²) in [6.45, 7) is 7.13. The van der Waals surface area contributed by atoms with E-state index in [0.29, 0.717) is 6.04 Å². The monoisotopic (exact) mass is 261 g/mol. The molecule has 1 N–H and O–H groups in total. The Bertz CT molecular complexity index is 606. The van der Waals surface area contributed by atoms with Gasteiger partial charge in [-0.05, 0) is 45.7 Å². The highest BCUT2D eigenvalue weighted by Gasteiger charge is 2.28. The smallest absolute Gasteiger partial charge is 0.125 e. The van der Waals surface area contributed by atoms with Gasteiger partial charge in [0.2, 0.25) is 0 Å². The largest absolute Gasteiger partial charge is 0.324 e. The zero-order valence-corrected chi connectivity index (χ0v) is 11.7. The second-order valence-electron chi connectivity index (χ2n) is 6.37. The molecule has 0 unspecified atom stereocenters. The van der Waals surface area contributed by atoms with Crippen LogP contribution in [0.1, 0.15) is 45.5 Å². The number of nitrogens with one attached hydrogen (secondary N) is 1. The molecule has 3 rings (SSSR count). The number of fused-ring (bicyclic) bond motifs is 1. The average molecular weight is 261 g/mol. The van der Waals surface area contributed by atoms with Gasteiger partial charge in [-0.3, -0.25) is 0 Å². The Morgan fingerprint density at radius 3 is 2.74 bits per heavy atom. The van der Waals surface area contributed by atoms with E-state index in [4.69, 9.17) is 0 Å². The first-order valence-electron chi connectivity index (χ1n) is 6.85. The van der Waals surface area contributed by atoms with Gasteiger partial charge in [0.1, 0.15) is 11.6 Å². The fourth-order valence-electron chi connectivity index (χ4n) is 2.33. The average Bonchev–Trinajstić information content (AvgIpc) is 3.07. The lowest BCUT2D eigenvalue weighted by atomic mass is 10.1. The molecule has 0 atom stereocenters. The summed E-state index contributed by atoms with van der Waals surface area (Å²) in [6.07, 6.45) is 2.40. The van der Waals surface area contributed by atoms with Crippen molar-refractivity contribution in [1.29, 1.82) is 0 Å². The summed E-state index contributed by atoms with van der Waals surface area (Å²) in [5.74, 6) is 0.793. The maximum atomic E-state index is 13.3. The van der Waals surface area contributed by atoms with Crippen LogP contribution in [0.15, 0.2) is 18.2 Å². The molecule has 0 amide bonds. The van der Waals surface area contributed by atoms with Crippen LogP contribution < -0.4 is 5.32 Å². The lowest BCUT2D eigenvalue weighted by Crippen LogP contribution is -2.35. The van der Waals surface area contributed by atoms with Crippen molar-refractivity contribution in [1.82, 2.24) is 14.9 Å². The molecule has 1 aromatic carbocycles. The molecule has 102 valence electrons. The second kappa shape index (κ2) is 4.30. The predicted molar refractivity (Wildman–Crippen MR) is 74.6 cm³/mol. The van der Waals surface area contributed by atoms with Crippen molar-refractivity contribution in [3.8, 4) is 0 Å². The maximum Gasteiger partial charge on any atom is 0.125 e. The molecule has 0 spiro atoms. The summed E-state index contributed by atoms with van der Waals surface area (Å²) in [6, 6.07) is 5.43. The summed E-state index contributed by atoms with van der Waals surface area (Å²) in [4.78, 5) is 4.60. The summed E-state index contributed by atoms with van der Waals surface area (Å²) in [7, 11) is 0. The van der Waals surface area contributed by atoms with E-state index in [9.17, 15) is 4.39 Å². The first kappa shape index (κ1) is 12.6. The van der Waals surface area contributed by atoms with E-state index in [1.165, 1.54) is 25.0 Å². The first-order valence-corrected chi connectivity index (χ1v) is 6.85. The van der Waals surface area contributed by atoms with Gasteiger partial charge in [-0.2, -0.15) is 0 Å². The minimum absolute atomic E-state index is 0.0533. The van der Waals surface area contributed by atoms with Crippen LogP contribution >= 0.6 is 0 Å². The number of nitrogens with zero attached hydrogens (tertiary/aromatic N) is 2. The first-order chi connectivity index (χ1) is 8.94. The Morgan fingerprint density at radius 1 is 1.37 bits per heavy atom. The second-order valence-corrected chi connectivity index (χ2v) is 6.37. The number of hydrogen-bond acceptors (Lipinski definition) is 2. The molecule has 1 aliphatic carbocycles. The Kier molecular flexibility index (Phi) is 2.86. The van der Waals surface area contributed by atoms with Gasteiger partial charge < -0.3 is 9.88 Å². The molecule has 0 saturated heterocycles. The van der Waals surface area contributed by atoms with Crippen molar-refractivity contribution in [3.05, 3.63) is 29.8 Å². The van der Waals surface area contributed by atoms with Crippen LogP contribution in [0.3, 0.4) is 0 Å². The van der Waals surface area contributed by atoms with Gasteiger partial charge >= 0.3 is 0 Å². The standard InChI is InChI=1S/C15H20FN3/c1-15(2,3)17-9-14-18-12-8-10(16)4-7-13(12)19(14)11-5-6-11/h4,7-8,11,17H,5-6,9H2,1-3H3. The molecule has 2 aromatic rings. The van der Waals surface area contributed by atoms with E-state index >= 15 is 0 Å². The van der Waals surface area contributed by atoms with E-state index in [1.54, 1.807) is 0 Å². The molecule has 0 bridgehead atoms. The fraction of sp³-hybridized carbons (Fsp3) is 0.533. The summed E-state index contributed by atoms with van der Waals surface area (Å²) in [5, 5.41) is 3.46. The van der Waals surface area contributed by atoms with Gasteiger partial charge in [-0.25, -0.2) is 9.37 Å². The molecule has 19 heavy (non-hydrogen) atoms. The zero-order valence-electron chi connectivity index (χ0n) is 11.7. The maximum absolute atomic E-state index is 13.3. The van der Waals surface area contributed by atoms with E-state index < -0.39 is 0 Å². The molecule has 1 heterocycles. The lowest BCUT2D eigenvalue weighted by Gasteiger charge is -2.20. The van der Waals surface area contributed by atoms with Crippen molar-refractivity contribution in [3.63, 3.8) is 0 Å². The topological polar surface area (TPSA) is 29.9 Å². The van der Waals surface area contributed by atoms with Crippen LogP contribution in [0, 0.1) is 5.82 Å². The van der Waals surface area contributed by atoms with E-state index in [-0.39, 0.29) is 11.4 Å². The van der Waals surface area contributed by atoms with Gasteiger partial charge in [0.05, 0.1) is 17.6 Å². The number of halogens is 1. The van der Waals surface area contributed by atoms with Gasteiger partial charge in [-0.15, -0.1) is 0 Å². The Labute approximate surface area is 112 Å². The fourth-order valence-corrected chi connectivity index (χ4v) is 2.33. The van der Waals surface area contributed by atoms with E-state index in [1.807, 2.05) is 6.07 Å². The summed E-state index contributed by atoms with van der Waals surface area (Å²) < 4.78 is 15.6. The van der Waals surface area contributed by atoms with E-state index in [2.05, 4.69) is 35.6 Å². The molecule has 0 aliphatic heterocycles. The van der Waals surface area contributed by atoms with Gasteiger partial charge in [0, 0.05) is 17.6 Å². The van der Waals surface area contributed by atoms with E-state index in [0.717, 1.165) is 23.4 Å². The molecule has 1 saturated carbocycles. The summed E-state index contributed by atoms with van der Waals surface area (Å²) >= 11 is 0. The molecular weight excluding hydrogens is 241 g/mol. The molecular formula is C15H20FN3. The number of imidazole rings is 1. The highest BCUT2D eigenvalue weighted by molar-refractivity contribution is 5.76. The third kappa shape index (κ3) is 2.63. The van der Waals surface area contributed by atoms with Crippen LogP contribution in [-0.4, -0.2) is 15.1 Å².